The Hall–Kier alpha value is -8.82. The summed E-state index contributed by atoms with van der Waals surface area (Å²) in [4.78, 5) is 2.26. The van der Waals surface area contributed by atoms with E-state index in [9.17, 15) is 26.3 Å². The number of halogens is 6. The molecule has 3 nitrogen and oxygen atoms in total. The highest BCUT2D eigenvalue weighted by Crippen LogP contribution is 2.68. The Balaban J connectivity index is 1.10. The number of hydrogen-bond acceptors (Lipinski definition) is 3. The summed E-state index contributed by atoms with van der Waals surface area (Å²) in [5.41, 5.74) is 13.2. The number of hydrogen-bond donors (Lipinski definition) is 0. The molecule has 1 unspecified atom stereocenters. The van der Waals surface area contributed by atoms with Crippen LogP contribution < -0.4 is 14.4 Å². The normalized spacial score (nSPS) is 15.4. The molecule has 0 heterocycles. The quantitative estimate of drug-likeness (QED) is 0.142. The van der Waals surface area contributed by atoms with E-state index in [1.165, 1.54) is 17.7 Å². The molecular weight excluding hydrogens is 941 g/mol. The monoisotopic (exact) mass is 981 g/mol. The Morgan fingerprint density at radius 2 is 0.824 bits per heavy atom. The summed E-state index contributed by atoms with van der Waals surface area (Å²) in [6.45, 7) is 2.28. The van der Waals surface area contributed by atoms with Gasteiger partial charge in [0.2, 0.25) is 0 Å². The van der Waals surface area contributed by atoms with Gasteiger partial charge in [0, 0.05) is 33.5 Å². The van der Waals surface area contributed by atoms with E-state index >= 15 is 0 Å². The van der Waals surface area contributed by atoms with Crippen molar-refractivity contribution in [2.75, 3.05) is 4.90 Å². The Bertz CT molecular complexity index is 3800. The van der Waals surface area contributed by atoms with Crippen molar-refractivity contribution in [3.05, 3.63) is 269 Å². The lowest BCUT2D eigenvalue weighted by Gasteiger charge is -2.34. The number of anilines is 3. The SMILES string of the molecule is CC1(c2ccccc2)c2ccccc2-c2ccc(N(c3cccc(-c4ccccc4)c3)c3ccccc3-c3cccc4c3C3(c5ccccc5-4)c4cccc(OC(F)(F)F)c4-c4c(OC(F)(F)F)cccc43)cc21. The second-order valence-electron chi connectivity index (χ2n) is 19.0. The average Bonchev–Trinajstić information content (AvgIpc) is 4.01. The van der Waals surface area contributed by atoms with E-state index in [1.54, 1.807) is 12.1 Å². The van der Waals surface area contributed by atoms with E-state index in [2.05, 4.69) is 115 Å². The van der Waals surface area contributed by atoms with Gasteiger partial charge in [-0.05, 0) is 127 Å². The van der Waals surface area contributed by atoms with Gasteiger partial charge in [0.1, 0.15) is 11.5 Å². The summed E-state index contributed by atoms with van der Waals surface area (Å²) in [5.74, 6) is -1.28. The summed E-state index contributed by atoms with van der Waals surface area (Å²) >= 11 is 0. The Morgan fingerprint density at radius 3 is 1.47 bits per heavy atom. The molecular formula is C65H41F6NO2. The Kier molecular flexibility index (Phi) is 10.1. The van der Waals surface area contributed by atoms with Crippen molar-refractivity contribution in [1.29, 1.82) is 0 Å². The second-order valence-corrected chi connectivity index (χ2v) is 19.0. The third-order valence-corrected chi connectivity index (χ3v) is 15.2. The van der Waals surface area contributed by atoms with Crippen molar-refractivity contribution in [2.45, 2.75) is 30.5 Å². The molecule has 360 valence electrons. The van der Waals surface area contributed by atoms with Crippen LogP contribution in [0.5, 0.6) is 11.5 Å². The third-order valence-electron chi connectivity index (χ3n) is 15.2. The minimum atomic E-state index is -5.17. The zero-order chi connectivity index (χ0) is 50.6. The van der Waals surface area contributed by atoms with Crippen LogP contribution in [0.25, 0.3) is 55.6 Å². The van der Waals surface area contributed by atoms with E-state index < -0.39 is 35.1 Å². The van der Waals surface area contributed by atoms with Crippen molar-refractivity contribution in [3.8, 4) is 67.1 Å². The van der Waals surface area contributed by atoms with Crippen LogP contribution in [0.4, 0.5) is 43.4 Å². The van der Waals surface area contributed by atoms with Gasteiger partial charge in [-0.3, -0.25) is 0 Å². The van der Waals surface area contributed by atoms with Crippen LogP contribution >= 0.6 is 0 Å². The van der Waals surface area contributed by atoms with Crippen molar-refractivity contribution in [3.63, 3.8) is 0 Å². The molecule has 3 aliphatic rings. The van der Waals surface area contributed by atoms with Crippen LogP contribution in [0.2, 0.25) is 0 Å². The predicted octanol–water partition coefficient (Wildman–Crippen LogP) is 18.0. The predicted molar refractivity (Wildman–Crippen MR) is 279 cm³/mol. The maximum Gasteiger partial charge on any atom is 0.573 e. The molecule has 3 aliphatic carbocycles. The van der Waals surface area contributed by atoms with Gasteiger partial charge in [-0.1, -0.05) is 188 Å². The third kappa shape index (κ3) is 6.83. The number of nitrogens with zero attached hydrogens (tertiary/aromatic N) is 1. The standard InChI is InChI=1S/C65H41F6NO2/c1-62(42-21-6-3-7-22-42)51-29-11-8-24-45(51)47-37-36-44(39-55(47)62)72(43-23-14-20-41(38-43)40-18-4-2-5-19-40)56-33-13-10-26-48(56)50-28-15-27-49-46-25-9-12-30-52(46)63(61(49)50)53-31-16-34-57(73-64(66,67)68)59(53)60-54(63)32-17-35-58(60)74-65(69,70)71/h2-39H,1H3. The molecule has 0 amide bonds. The largest absolute Gasteiger partial charge is 0.573 e. The highest BCUT2D eigenvalue weighted by molar-refractivity contribution is 6.03. The maximum atomic E-state index is 14.4. The van der Waals surface area contributed by atoms with Crippen LogP contribution in [0.3, 0.4) is 0 Å². The Labute approximate surface area is 423 Å². The lowest BCUT2D eigenvalue weighted by molar-refractivity contribution is -0.276. The van der Waals surface area contributed by atoms with Gasteiger partial charge in [-0.15, -0.1) is 26.3 Å². The molecule has 1 spiro atoms. The van der Waals surface area contributed by atoms with E-state index in [0.29, 0.717) is 22.3 Å². The number of alkyl halides is 6. The molecule has 74 heavy (non-hydrogen) atoms. The fraction of sp³-hybridized carbons (Fsp3) is 0.0769. The molecule has 0 fully saturated rings. The molecule has 0 aromatic heterocycles. The number of rotatable bonds is 8. The summed E-state index contributed by atoms with van der Waals surface area (Å²) < 4.78 is 96.1. The van der Waals surface area contributed by atoms with Gasteiger partial charge >= 0.3 is 12.7 Å². The first kappa shape index (κ1) is 45.1. The molecule has 10 aromatic carbocycles. The topological polar surface area (TPSA) is 21.7 Å². The van der Waals surface area contributed by atoms with Crippen molar-refractivity contribution >= 4 is 17.1 Å². The van der Waals surface area contributed by atoms with Crippen LogP contribution in [-0.4, -0.2) is 12.7 Å². The highest BCUT2D eigenvalue weighted by Gasteiger charge is 2.55. The fourth-order valence-corrected chi connectivity index (χ4v) is 12.4. The summed E-state index contributed by atoms with van der Waals surface area (Å²) in [5, 5.41) is 0. The highest BCUT2D eigenvalue weighted by atomic mass is 19.4. The zero-order valence-electron chi connectivity index (χ0n) is 39.5. The molecule has 9 heteroatoms. The smallest absolute Gasteiger partial charge is 0.405 e. The number of ether oxygens (including phenoxy) is 2. The van der Waals surface area contributed by atoms with Gasteiger partial charge in [0.25, 0.3) is 0 Å². The van der Waals surface area contributed by atoms with Crippen LogP contribution in [-0.2, 0) is 10.8 Å². The van der Waals surface area contributed by atoms with E-state index in [-0.39, 0.29) is 11.1 Å². The van der Waals surface area contributed by atoms with Crippen molar-refractivity contribution in [2.24, 2.45) is 0 Å². The molecule has 0 saturated carbocycles. The molecule has 0 N–H and O–H groups in total. The van der Waals surface area contributed by atoms with Gasteiger partial charge in [0.15, 0.2) is 0 Å². The van der Waals surface area contributed by atoms with Crippen LogP contribution in [0, 0.1) is 0 Å². The number of para-hydroxylation sites is 1. The van der Waals surface area contributed by atoms with E-state index in [0.717, 1.165) is 84.8 Å². The maximum absolute atomic E-state index is 14.4. The molecule has 0 saturated heterocycles. The van der Waals surface area contributed by atoms with Crippen molar-refractivity contribution in [1.82, 2.24) is 0 Å². The molecule has 0 bridgehead atoms. The summed E-state index contributed by atoms with van der Waals surface area (Å²) in [7, 11) is 0. The molecule has 1 atom stereocenters. The molecule has 0 radical (unpaired) electrons. The van der Waals surface area contributed by atoms with E-state index in [1.807, 2.05) is 91.0 Å². The zero-order valence-corrected chi connectivity index (χ0v) is 39.5. The lowest BCUT2D eigenvalue weighted by Crippen LogP contribution is -2.27. The minimum Gasteiger partial charge on any atom is -0.405 e. The molecule has 10 aromatic rings. The first-order valence-corrected chi connectivity index (χ1v) is 24.2. The van der Waals surface area contributed by atoms with Crippen molar-refractivity contribution < 1.29 is 35.8 Å². The average molecular weight is 982 g/mol. The molecule has 13 rings (SSSR count). The second kappa shape index (κ2) is 16.6. The first-order chi connectivity index (χ1) is 35.8. The minimum absolute atomic E-state index is 0.134. The van der Waals surface area contributed by atoms with Crippen LogP contribution in [0.1, 0.15) is 45.9 Å². The van der Waals surface area contributed by atoms with Crippen LogP contribution in [0.15, 0.2) is 231 Å². The van der Waals surface area contributed by atoms with Gasteiger partial charge < -0.3 is 14.4 Å². The first-order valence-electron chi connectivity index (χ1n) is 24.2. The number of fused-ring (bicyclic) bond motifs is 13. The summed E-state index contributed by atoms with van der Waals surface area (Å²) in [6, 6.07) is 74.4. The number of benzene rings is 10. The molecule has 0 aliphatic heterocycles. The fourth-order valence-electron chi connectivity index (χ4n) is 12.4. The van der Waals surface area contributed by atoms with Gasteiger partial charge in [0.05, 0.1) is 11.1 Å². The van der Waals surface area contributed by atoms with Gasteiger partial charge in [-0.2, -0.15) is 0 Å². The lowest BCUT2D eigenvalue weighted by atomic mass is 9.68. The van der Waals surface area contributed by atoms with Gasteiger partial charge in [-0.25, -0.2) is 0 Å². The summed E-state index contributed by atoms with van der Waals surface area (Å²) in [6.07, 6.45) is -10.3. The van der Waals surface area contributed by atoms with E-state index in [4.69, 9.17) is 9.47 Å². The Morgan fingerprint density at radius 1 is 0.365 bits per heavy atom.